The number of carbonyl (C=O) groups excluding carboxylic acids is 2. The summed E-state index contributed by atoms with van der Waals surface area (Å²) in [6.45, 7) is 2.98. The first-order valence-corrected chi connectivity index (χ1v) is 8.43. The van der Waals surface area contributed by atoms with Crippen LogP contribution in [0.1, 0.15) is 46.0 Å². The lowest BCUT2D eigenvalue weighted by Crippen LogP contribution is -2.64. The van der Waals surface area contributed by atoms with E-state index in [2.05, 4.69) is 5.32 Å². The summed E-state index contributed by atoms with van der Waals surface area (Å²) >= 11 is 0. The number of hydrogen-bond donors (Lipinski definition) is 4. The van der Waals surface area contributed by atoms with Gasteiger partial charge in [0.2, 0.25) is 5.91 Å². The van der Waals surface area contributed by atoms with Gasteiger partial charge in [-0.3, -0.25) is 9.59 Å². The highest BCUT2D eigenvalue weighted by atomic mass is 16.7. The summed E-state index contributed by atoms with van der Waals surface area (Å²) < 4.78 is 11.0. The molecule has 1 rings (SSSR count). The molecular formula is C16H29NO7. The van der Waals surface area contributed by atoms with Gasteiger partial charge in [-0.1, -0.05) is 13.3 Å². The highest BCUT2D eigenvalue weighted by Crippen LogP contribution is 2.22. The minimum Gasteiger partial charge on any atom is -0.394 e. The summed E-state index contributed by atoms with van der Waals surface area (Å²) in [7, 11) is 0. The number of ether oxygens (including phenoxy) is 2. The van der Waals surface area contributed by atoms with E-state index in [-0.39, 0.29) is 11.7 Å². The van der Waals surface area contributed by atoms with Crippen molar-refractivity contribution in [1.29, 1.82) is 0 Å². The topological polar surface area (TPSA) is 125 Å². The first kappa shape index (κ1) is 21.0. The minimum atomic E-state index is -1.31. The van der Waals surface area contributed by atoms with Crippen LogP contribution in [-0.2, 0) is 19.1 Å². The molecule has 1 amide bonds. The molecule has 1 fully saturated rings. The molecule has 24 heavy (non-hydrogen) atoms. The monoisotopic (exact) mass is 347 g/mol. The maximum Gasteiger partial charge on any atom is 0.217 e. The average molecular weight is 347 g/mol. The standard InChI is InChI=1S/C16H29NO7/c1-3-11(20)7-5-4-6-8-23-16-13(17-10(2)19)15(22)14(21)12(9-18)24-16/h12-16,18,21-22H,3-9H2,1-2H3,(H,17,19)/t12?,13-,14-,15?,16+/m0/s1. The second-order valence-corrected chi connectivity index (χ2v) is 6.01. The second-order valence-electron chi connectivity index (χ2n) is 6.01. The molecule has 5 atom stereocenters. The zero-order chi connectivity index (χ0) is 18.1. The first-order chi connectivity index (χ1) is 11.4. The molecule has 1 saturated heterocycles. The van der Waals surface area contributed by atoms with Crippen molar-refractivity contribution in [1.82, 2.24) is 5.32 Å². The van der Waals surface area contributed by atoms with Crippen molar-refractivity contribution in [2.75, 3.05) is 13.2 Å². The molecule has 0 aromatic heterocycles. The number of carbonyl (C=O) groups is 2. The van der Waals surface area contributed by atoms with Crippen LogP contribution in [0, 0.1) is 0 Å². The van der Waals surface area contributed by atoms with Gasteiger partial charge in [0, 0.05) is 26.4 Å². The van der Waals surface area contributed by atoms with Gasteiger partial charge < -0.3 is 30.1 Å². The third-order valence-electron chi connectivity index (χ3n) is 4.03. The predicted molar refractivity (Wildman–Crippen MR) is 85.1 cm³/mol. The second kappa shape index (κ2) is 10.7. The molecule has 0 aromatic carbocycles. The third-order valence-corrected chi connectivity index (χ3v) is 4.03. The Bertz CT molecular complexity index is 404. The third kappa shape index (κ3) is 6.45. The van der Waals surface area contributed by atoms with E-state index < -0.39 is 37.3 Å². The van der Waals surface area contributed by atoms with Gasteiger partial charge in [0.05, 0.1) is 6.61 Å². The Hall–Kier alpha value is -1.06. The number of aliphatic hydroxyl groups excluding tert-OH is 3. The van der Waals surface area contributed by atoms with E-state index in [1.165, 1.54) is 6.92 Å². The highest BCUT2D eigenvalue weighted by Gasteiger charge is 2.45. The van der Waals surface area contributed by atoms with Crippen LogP contribution >= 0.6 is 0 Å². The van der Waals surface area contributed by atoms with Gasteiger partial charge in [-0.05, 0) is 12.8 Å². The highest BCUT2D eigenvalue weighted by molar-refractivity contribution is 5.77. The van der Waals surface area contributed by atoms with Crippen LogP contribution in [0.4, 0.5) is 0 Å². The van der Waals surface area contributed by atoms with E-state index in [0.717, 1.165) is 12.8 Å². The van der Waals surface area contributed by atoms with E-state index in [9.17, 15) is 24.9 Å². The maximum atomic E-state index is 11.3. The predicted octanol–water partition coefficient (Wildman–Crippen LogP) is -0.514. The molecule has 1 aliphatic rings. The smallest absolute Gasteiger partial charge is 0.217 e. The number of amides is 1. The molecule has 0 aromatic rings. The van der Waals surface area contributed by atoms with E-state index >= 15 is 0 Å². The number of Topliss-reactive ketones (excluding diaryl/α,β-unsaturated/α-hetero) is 1. The number of rotatable bonds is 10. The van der Waals surface area contributed by atoms with Crippen molar-refractivity contribution in [2.45, 2.75) is 76.6 Å². The van der Waals surface area contributed by atoms with Crippen LogP contribution in [0.5, 0.6) is 0 Å². The summed E-state index contributed by atoms with van der Waals surface area (Å²) in [5.41, 5.74) is 0. The van der Waals surface area contributed by atoms with Crippen LogP contribution in [-0.4, -0.2) is 70.9 Å². The molecule has 0 saturated carbocycles. The van der Waals surface area contributed by atoms with Crippen molar-refractivity contribution >= 4 is 11.7 Å². The molecule has 4 N–H and O–H groups in total. The van der Waals surface area contributed by atoms with Gasteiger partial charge in [-0.2, -0.15) is 0 Å². The SMILES string of the molecule is CCC(=O)CCCCCO[C@@H]1OC(CO)[C@H](O)C(O)[C@@H]1NC(C)=O. The lowest BCUT2D eigenvalue weighted by Gasteiger charge is -2.42. The zero-order valence-electron chi connectivity index (χ0n) is 14.3. The van der Waals surface area contributed by atoms with E-state index in [1.807, 2.05) is 6.92 Å². The maximum absolute atomic E-state index is 11.3. The normalized spacial score (nSPS) is 30.1. The fraction of sp³-hybridized carbons (Fsp3) is 0.875. The number of nitrogens with one attached hydrogen (secondary N) is 1. The fourth-order valence-corrected chi connectivity index (χ4v) is 2.59. The Balaban J connectivity index is 2.45. The fourth-order valence-electron chi connectivity index (χ4n) is 2.59. The van der Waals surface area contributed by atoms with Crippen molar-refractivity contribution in [2.24, 2.45) is 0 Å². The molecule has 0 spiro atoms. The van der Waals surface area contributed by atoms with Gasteiger partial charge in [0.1, 0.15) is 30.1 Å². The molecule has 1 aliphatic heterocycles. The van der Waals surface area contributed by atoms with Crippen LogP contribution in [0.3, 0.4) is 0 Å². The number of unbranched alkanes of at least 4 members (excludes halogenated alkanes) is 2. The molecule has 2 unspecified atom stereocenters. The molecule has 140 valence electrons. The Morgan fingerprint density at radius 2 is 1.88 bits per heavy atom. The molecular weight excluding hydrogens is 318 g/mol. The molecule has 0 aliphatic carbocycles. The van der Waals surface area contributed by atoms with Crippen LogP contribution in [0.15, 0.2) is 0 Å². The number of hydrogen-bond acceptors (Lipinski definition) is 7. The molecule has 1 heterocycles. The van der Waals surface area contributed by atoms with Crippen molar-refractivity contribution < 1.29 is 34.4 Å². The first-order valence-electron chi connectivity index (χ1n) is 8.43. The van der Waals surface area contributed by atoms with Gasteiger partial charge >= 0.3 is 0 Å². The van der Waals surface area contributed by atoms with Gasteiger partial charge in [-0.15, -0.1) is 0 Å². The van der Waals surface area contributed by atoms with Crippen LogP contribution in [0.2, 0.25) is 0 Å². The Morgan fingerprint density at radius 1 is 1.17 bits per heavy atom. The van der Waals surface area contributed by atoms with Gasteiger partial charge in [0.25, 0.3) is 0 Å². The largest absolute Gasteiger partial charge is 0.394 e. The Labute approximate surface area is 142 Å². The van der Waals surface area contributed by atoms with Crippen LogP contribution in [0.25, 0.3) is 0 Å². The number of aliphatic hydroxyl groups is 3. The molecule has 0 bridgehead atoms. The van der Waals surface area contributed by atoms with E-state index in [0.29, 0.717) is 25.9 Å². The van der Waals surface area contributed by atoms with E-state index in [4.69, 9.17) is 9.47 Å². The summed E-state index contributed by atoms with van der Waals surface area (Å²) in [4.78, 5) is 22.5. The zero-order valence-corrected chi connectivity index (χ0v) is 14.3. The van der Waals surface area contributed by atoms with Gasteiger partial charge in [0.15, 0.2) is 6.29 Å². The summed E-state index contributed by atoms with van der Waals surface area (Å²) in [6.07, 6.45) is -1.13. The molecule has 8 nitrogen and oxygen atoms in total. The summed E-state index contributed by atoms with van der Waals surface area (Å²) in [6, 6.07) is -0.915. The van der Waals surface area contributed by atoms with Gasteiger partial charge in [-0.25, -0.2) is 0 Å². The average Bonchev–Trinajstić information content (AvgIpc) is 2.56. The molecule has 0 radical (unpaired) electrons. The lowest BCUT2D eigenvalue weighted by molar-refractivity contribution is -0.270. The van der Waals surface area contributed by atoms with E-state index in [1.54, 1.807) is 0 Å². The quantitative estimate of drug-likeness (QED) is 0.392. The summed E-state index contributed by atoms with van der Waals surface area (Å²) in [5.74, 6) is -0.149. The Morgan fingerprint density at radius 3 is 2.46 bits per heavy atom. The van der Waals surface area contributed by atoms with Crippen molar-refractivity contribution in [3.05, 3.63) is 0 Å². The van der Waals surface area contributed by atoms with Crippen LogP contribution < -0.4 is 5.32 Å². The Kier molecular flexibility index (Phi) is 9.38. The molecule has 8 heteroatoms. The number of ketones is 1. The minimum absolute atomic E-state index is 0.236. The summed E-state index contributed by atoms with van der Waals surface area (Å²) in [5, 5.41) is 31.7. The lowest BCUT2D eigenvalue weighted by atomic mass is 9.97. The van der Waals surface area contributed by atoms with Crippen molar-refractivity contribution in [3.8, 4) is 0 Å². The van der Waals surface area contributed by atoms with Crippen molar-refractivity contribution in [3.63, 3.8) is 0 Å².